The number of halogens is 1. The van der Waals surface area contributed by atoms with E-state index in [0.717, 1.165) is 6.42 Å². The molecule has 0 aliphatic rings. The van der Waals surface area contributed by atoms with E-state index in [1.54, 1.807) is 6.08 Å². The van der Waals surface area contributed by atoms with Gasteiger partial charge in [-0.05, 0) is 40.6 Å². The summed E-state index contributed by atoms with van der Waals surface area (Å²) < 4.78 is 1.32. The summed E-state index contributed by atoms with van der Waals surface area (Å²) in [5, 5.41) is 0. The van der Waals surface area contributed by atoms with Crippen molar-refractivity contribution >= 4 is 22.6 Å². The monoisotopic (exact) mass is 296 g/mol. The van der Waals surface area contributed by atoms with Crippen molar-refractivity contribution in [2.45, 2.75) is 6.42 Å². The number of hydrogen-bond acceptors (Lipinski definition) is 0. The number of hydrogen-bond donors (Lipinski definition) is 0. The van der Waals surface area contributed by atoms with Crippen LogP contribution in [0.4, 0.5) is 0 Å². The van der Waals surface area contributed by atoms with Crippen molar-refractivity contribution in [3.8, 4) is 0 Å². The predicted molar refractivity (Wildman–Crippen MR) is 71.3 cm³/mol. The lowest BCUT2D eigenvalue weighted by molar-refractivity contribution is 1.25. The second kappa shape index (κ2) is 6.60. The van der Waals surface area contributed by atoms with Crippen LogP contribution in [0.25, 0.3) is 0 Å². The lowest BCUT2D eigenvalue weighted by atomic mass is 10.1. The van der Waals surface area contributed by atoms with Crippen LogP contribution in [-0.4, -0.2) is 0 Å². The first-order valence-corrected chi connectivity index (χ1v) is 5.60. The average Bonchev–Trinajstić information content (AvgIpc) is 2.20. The Bertz CT molecular complexity index is 348. The lowest BCUT2D eigenvalue weighted by Gasteiger charge is -1.98. The molecule has 0 bridgehead atoms. The highest BCUT2D eigenvalue weighted by Gasteiger charge is 1.93. The first kappa shape index (κ1) is 11.2. The molecule has 1 aromatic carbocycles. The quantitative estimate of drug-likeness (QED) is 0.579. The van der Waals surface area contributed by atoms with Crippen LogP contribution in [0.5, 0.6) is 0 Å². The maximum atomic E-state index is 3.61. The number of benzene rings is 1. The number of allylic oxidation sites excluding steroid dienone is 5. The molecule has 0 fully saturated rings. The van der Waals surface area contributed by atoms with Gasteiger partial charge in [-0.25, -0.2) is 0 Å². The van der Waals surface area contributed by atoms with Gasteiger partial charge >= 0.3 is 0 Å². The minimum Gasteiger partial charge on any atom is -0.0991 e. The van der Waals surface area contributed by atoms with Gasteiger partial charge in [0.25, 0.3) is 0 Å². The molecular weight excluding hydrogens is 283 g/mol. The Morgan fingerprint density at radius 3 is 2.64 bits per heavy atom. The van der Waals surface area contributed by atoms with Gasteiger partial charge < -0.3 is 0 Å². The van der Waals surface area contributed by atoms with E-state index in [1.165, 1.54) is 9.13 Å². The van der Waals surface area contributed by atoms with Crippen LogP contribution in [0.2, 0.25) is 0 Å². The summed E-state index contributed by atoms with van der Waals surface area (Å²) in [5.41, 5.74) is 1.37. The molecule has 0 aromatic heterocycles. The first-order chi connectivity index (χ1) is 6.84. The minimum atomic E-state index is 0.987. The molecule has 0 heterocycles. The van der Waals surface area contributed by atoms with Gasteiger partial charge in [0.1, 0.15) is 0 Å². The Hall–Kier alpha value is -0.830. The normalized spacial score (nSPS) is 11.2. The van der Waals surface area contributed by atoms with Gasteiger partial charge in [0.2, 0.25) is 0 Å². The maximum Gasteiger partial charge on any atom is 0.0165 e. The molecule has 1 aromatic rings. The average molecular weight is 296 g/mol. The van der Waals surface area contributed by atoms with Crippen LogP contribution in [-0.2, 0) is 6.42 Å². The fraction of sp³-hybridized carbons (Fsp3) is 0.0769. The van der Waals surface area contributed by atoms with Gasteiger partial charge in [-0.1, -0.05) is 55.2 Å². The Balaban J connectivity index is 2.53. The zero-order valence-corrected chi connectivity index (χ0v) is 10.1. The van der Waals surface area contributed by atoms with Gasteiger partial charge in [0.15, 0.2) is 0 Å². The standard InChI is InChI=1S/C13H13I/c1-2-3-4-5-6-9-12-10-7-8-11-13(12)14/h2-8,10-11H,1,9H2/b4-3-,6-5-. The maximum absolute atomic E-state index is 3.61. The molecular formula is C13H13I. The van der Waals surface area contributed by atoms with E-state index in [-0.39, 0.29) is 0 Å². The Labute approximate surface area is 99.2 Å². The van der Waals surface area contributed by atoms with E-state index in [9.17, 15) is 0 Å². The van der Waals surface area contributed by atoms with Crippen molar-refractivity contribution in [2.75, 3.05) is 0 Å². The molecule has 0 N–H and O–H groups in total. The Morgan fingerprint density at radius 1 is 1.14 bits per heavy atom. The summed E-state index contributed by atoms with van der Waals surface area (Å²) in [6, 6.07) is 8.42. The van der Waals surface area contributed by atoms with E-state index in [2.05, 4.69) is 59.5 Å². The summed E-state index contributed by atoms with van der Waals surface area (Å²) in [6.07, 6.45) is 10.9. The van der Waals surface area contributed by atoms with Crippen molar-refractivity contribution in [1.82, 2.24) is 0 Å². The number of rotatable bonds is 4. The first-order valence-electron chi connectivity index (χ1n) is 4.52. The van der Waals surface area contributed by atoms with Gasteiger partial charge in [-0.15, -0.1) is 0 Å². The molecule has 0 aliphatic carbocycles. The molecule has 1 heteroatoms. The van der Waals surface area contributed by atoms with Crippen molar-refractivity contribution in [1.29, 1.82) is 0 Å². The van der Waals surface area contributed by atoms with Crippen LogP contribution in [0.15, 0.2) is 61.2 Å². The zero-order valence-electron chi connectivity index (χ0n) is 7.99. The predicted octanol–water partition coefficient (Wildman–Crippen LogP) is 4.13. The van der Waals surface area contributed by atoms with E-state index >= 15 is 0 Å². The summed E-state index contributed by atoms with van der Waals surface area (Å²) >= 11 is 2.36. The van der Waals surface area contributed by atoms with Crippen LogP contribution < -0.4 is 0 Å². The summed E-state index contributed by atoms with van der Waals surface area (Å²) in [4.78, 5) is 0. The van der Waals surface area contributed by atoms with Crippen LogP contribution in [0.3, 0.4) is 0 Å². The van der Waals surface area contributed by atoms with Crippen LogP contribution in [0.1, 0.15) is 5.56 Å². The second-order valence-electron chi connectivity index (χ2n) is 2.84. The molecule has 0 radical (unpaired) electrons. The molecule has 0 nitrogen and oxygen atoms in total. The molecule has 72 valence electrons. The minimum absolute atomic E-state index is 0.987. The van der Waals surface area contributed by atoms with E-state index in [0.29, 0.717) is 0 Å². The second-order valence-corrected chi connectivity index (χ2v) is 4.01. The molecule has 14 heavy (non-hydrogen) atoms. The summed E-state index contributed by atoms with van der Waals surface area (Å²) in [5.74, 6) is 0. The zero-order chi connectivity index (χ0) is 10.2. The van der Waals surface area contributed by atoms with Gasteiger partial charge in [-0.3, -0.25) is 0 Å². The third kappa shape index (κ3) is 3.92. The fourth-order valence-electron chi connectivity index (χ4n) is 1.08. The Kier molecular flexibility index (Phi) is 5.30. The third-order valence-electron chi connectivity index (χ3n) is 1.79. The summed E-state index contributed by atoms with van der Waals surface area (Å²) in [6.45, 7) is 3.61. The molecule has 0 spiro atoms. The van der Waals surface area contributed by atoms with Gasteiger partial charge in [0.05, 0.1) is 0 Å². The molecule has 0 unspecified atom stereocenters. The third-order valence-corrected chi connectivity index (χ3v) is 2.84. The topological polar surface area (TPSA) is 0 Å². The lowest BCUT2D eigenvalue weighted by Crippen LogP contribution is -1.84. The van der Waals surface area contributed by atoms with Crippen LogP contribution in [0, 0.1) is 3.57 Å². The largest absolute Gasteiger partial charge is 0.0991 e. The van der Waals surface area contributed by atoms with Crippen LogP contribution >= 0.6 is 22.6 Å². The SMILES string of the molecule is C=C/C=C\C=C/Cc1ccccc1I. The molecule has 0 atom stereocenters. The van der Waals surface area contributed by atoms with E-state index < -0.39 is 0 Å². The van der Waals surface area contributed by atoms with E-state index in [4.69, 9.17) is 0 Å². The van der Waals surface area contributed by atoms with E-state index in [1.807, 2.05) is 18.2 Å². The summed E-state index contributed by atoms with van der Waals surface area (Å²) in [7, 11) is 0. The van der Waals surface area contributed by atoms with Crippen molar-refractivity contribution in [3.05, 3.63) is 70.4 Å². The smallest absolute Gasteiger partial charge is 0.0165 e. The van der Waals surface area contributed by atoms with Crippen molar-refractivity contribution in [3.63, 3.8) is 0 Å². The highest BCUT2D eigenvalue weighted by Crippen LogP contribution is 2.12. The fourth-order valence-corrected chi connectivity index (χ4v) is 1.69. The van der Waals surface area contributed by atoms with Gasteiger partial charge in [0, 0.05) is 3.57 Å². The molecule has 0 saturated carbocycles. The highest BCUT2D eigenvalue weighted by molar-refractivity contribution is 14.1. The van der Waals surface area contributed by atoms with Gasteiger partial charge in [-0.2, -0.15) is 0 Å². The van der Waals surface area contributed by atoms with Crippen molar-refractivity contribution in [2.24, 2.45) is 0 Å². The highest BCUT2D eigenvalue weighted by atomic mass is 127. The molecule has 0 saturated heterocycles. The molecule has 1 rings (SSSR count). The molecule has 0 amide bonds. The molecule has 0 aliphatic heterocycles. The van der Waals surface area contributed by atoms with Crippen molar-refractivity contribution < 1.29 is 0 Å². The Morgan fingerprint density at radius 2 is 1.93 bits per heavy atom.